The SMILES string of the molecule is C[C@@H](SCC(=O)Nc1ccccn1)c1nc2ccccc2o1. The van der Waals surface area contributed by atoms with E-state index in [0.29, 0.717) is 17.5 Å². The van der Waals surface area contributed by atoms with E-state index in [1.54, 1.807) is 18.3 Å². The van der Waals surface area contributed by atoms with Gasteiger partial charge in [0.1, 0.15) is 11.3 Å². The van der Waals surface area contributed by atoms with Crippen molar-refractivity contribution < 1.29 is 9.21 Å². The molecule has 1 atom stereocenters. The third-order valence-corrected chi connectivity index (χ3v) is 4.19. The van der Waals surface area contributed by atoms with Gasteiger partial charge in [-0.15, -0.1) is 11.8 Å². The number of hydrogen-bond acceptors (Lipinski definition) is 5. The maximum Gasteiger partial charge on any atom is 0.235 e. The Kier molecular flexibility index (Phi) is 4.39. The number of thioether (sulfide) groups is 1. The summed E-state index contributed by atoms with van der Waals surface area (Å²) >= 11 is 1.48. The zero-order chi connectivity index (χ0) is 15.4. The molecule has 1 aromatic carbocycles. The summed E-state index contributed by atoms with van der Waals surface area (Å²) in [5.41, 5.74) is 1.60. The zero-order valence-electron chi connectivity index (χ0n) is 12.0. The third-order valence-electron chi connectivity index (χ3n) is 3.06. The van der Waals surface area contributed by atoms with Crippen molar-refractivity contribution in [1.82, 2.24) is 9.97 Å². The summed E-state index contributed by atoms with van der Waals surface area (Å²) in [7, 11) is 0. The minimum absolute atomic E-state index is 0.00174. The topological polar surface area (TPSA) is 68.0 Å². The summed E-state index contributed by atoms with van der Waals surface area (Å²) < 4.78 is 5.70. The van der Waals surface area contributed by atoms with Gasteiger partial charge in [-0.05, 0) is 31.2 Å². The van der Waals surface area contributed by atoms with Crippen LogP contribution in [0.15, 0.2) is 53.1 Å². The first-order valence-corrected chi connectivity index (χ1v) is 7.95. The number of carbonyl (C=O) groups is 1. The number of nitrogens with one attached hydrogen (secondary N) is 1. The van der Waals surface area contributed by atoms with E-state index in [4.69, 9.17) is 4.42 Å². The molecule has 2 heterocycles. The molecule has 0 bridgehead atoms. The molecule has 112 valence electrons. The Morgan fingerprint density at radius 2 is 2.09 bits per heavy atom. The van der Waals surface area contributed by atoms with Crippen molar-refractivity contribution in [2.45, 2.75) is 12.2 Å². The first-order chi connectivity index (χ1) is 10.7. The molecule has 0 unspecified atom stereocenters. The van der Waals surface area contributed by atoms with E-state index in [-0.39, 0.29) is 11.2 Å². The van der Waals surface area contributed by atoms with Crippen LogP contribution >= 0.6 is 11.8 Å². The fourth-order valence-corrected chi connectivity index (χ4v) is 2.67. The highest BCUT2D eigenvalue weighted by Gasteiger charge is 2.15. The molecule has 0 fully saturated rings. The normalized spacial score (nSPS) is 12.2. The van der Waals surface area contributed by atoms with Crippen LogP contribution in [0.5, 0.6) is 0 Å². The number of hydrogen-bond donors (Lipinski definition) is 1. The molecule has 0 saturated carbocycles. The average molecular weight is 313 g/mol. The number of benzene rings is 1. The van der Waals surface area contributed by atoms with Gasteiger partial charge in [-0.25, -0.2) is 9.97 Å². The molecular weight excluding hydrogens is 298 g/mol. The van der Waals surface area contributed by atoms with Crippen molar-refractivity contribution in [3.05, 3.63) is 54.6 Å². The number of para-hydroxylation sites is 2. The second-order valence-corrected chi connectivity index (χ2v) is 6.07. The quantitative estimate of drug-likeness (QED) is 0.778. The molecular formula is C16H15N3O2S. The predicted molar refractivity (Wildman–Crippen MR) is 87.7 cm³/mol. The molecule has 22 heavy (non-hydrogen) atoms. The van der Waals surface area contributed by atoms with Crippen LogP contribution in [0.25, 0.3) is 11.1 Å². The molecule has 0 aliphatic heterocycles. The monoisotopic (exact) mass is 313 g/mol. The summed E-state index contributed by atoms with van der Waals surface area (Å²) in [5, 5.41) is 2.76. The lowest BCUT2D eigenvalue weighted by Crippen LogP contribution is -2.15. The first-order valence-electron chi connectivity index (χ1n) is 6.90. The lowest BCUT2D eigenvalue weighted by molar-refractivity contribution is -0.113. The Labute approximate surface area is 132 Å². The van der Waals surface area contributed by atoms with Crippen molar-refractivity contribution in [2.75, 3.05) is 11.1 Å². The van der Waals surface area contributed by atoms with E-state index >= 15 is 0 Å². The van der Waals surface area contributed by atoms with E-state index < -0.39 is 0 Å². The highest BCUT2D eigenvalue weighted by molar-refractivity contribution is 8.00. The Bertz CT molecular complexity index is 740. The summed E-state index contributed by atoms with van der Waals surface area (Å²) in [6, 6.07) is 13.0. The van der Waals surface area contributed by atoms with Crippen LogP contribution in [0.4, 0.5) is 5.82 Å². The van der Waals surface area contributed by atoms with Gasteiger partial charge < -0.3 is 9.73 Å². The second kappa shape index (κ2) is 6.62. The van der Waals surface area contributed by atoms with E-state index in [1.165, 1.54) is 11.8 Å². The van der Waals surface area contributed by atoms with Crippen LogP contribution in [-0.4, -0.2) is 21.6 Å². The minimum Gasteiger partial charge on any atom is -0.439 e. The van der Waals surface area contributed by atoms with Crippen LogP contribution in [0.3, 0.4) is 0 Å². The molecule has 3 rings (SSSR count). The van der Waals surface area contributed by atoms with Crippen molar-refractivity contribution >= 4 is 34.6 Å². The van der Waals surface area contributed by atoms with E-state index in [2.05, 4.69) is 15.3 Å². The summed E-state index contributed by atoms with van der Waals surface area (Å²) in [4.78, 5) is 20.4. The molecule has 0 radical (unpaired) electrons. The number of fused-ring (bicyclic) bond motifs is 1. The van der Waals surface area contributed by atoms with Gasteiger partial charge in [0.25, 0.3) is 0 Å². The summed E-state index contributed by atoms with van der Waals surface area (Å²) in [6.45, 7) is 1.98. The number of pyridine rings is 1. The summed E-state index contributed by atoms with van der Waals surface area (Å²) in [6.07, 6.45) is 1.64. The van der Waals surface area contributed by atoms with Gasteiger partial charge in [0.05, 0.1) is 11.0 Å². The smallest absolute Gasteiger partial charge is 0.235 e. The fourth-order valence-electron chi connectivity index (χ4n) is 1.95. The molecule has 2 aromatic heterocycles. The van der Waals surface area contributed by atoms with Crippen LogP contribution in [0.1, 0.15) is 18.1 Å². The number of oxazole rings is 1. The molecule has 1 N–H and O–H groups in total. The van der Waals surface area contributed by atoms with Gasteiger partial charge in [0, 0.05) is 6.20 Å². The lowest BCUT2D eigenvalue weighted by atomic mass is 10.3. The van der Waals surface area contributed by atoms with Crippen LogP contribution in [0, 0.1) is 0 Å². The maximum absolute atomic E-state index is 11.9. The third kappa shape index (κ3) is 3.46. The van der Waals surface area contributed by atoms with Crippen LogP contribution in [-0.2, 0) is 4.79 Å². The van der Waals surface area contributed by atoms with Gasteiger partial charge in [0.15, 0.2) is 5.58 Å². The maximum atomic E-state index is 11.9. The Morgan fingerprint density at radius 3 is 2.86 bits per heavy atom. The minimum atomic E-state index is -0.0911. The first kappa shape index (κ1) is 14.6. The molecule has 3 aromatic rings. The van der Waals surface area contributed by atoms with Gasteiger partial charge in [-0.2, -0.15) is 0 Å². The molecule has 1 amide bonds. The van der Waals surface area contributed by atoms with Crippen molar-refractivity contribution in [1.29, 1.82) is 0 Å². The Morgan fingerprint density at radius 1 is 1.27 bits per heavy atom. The van der Waals surface area contributed by atoms with E-state index in [0.717, 1.165) is 11.1 Å². The standard InChI is InChI=1S/C16H15N3O2S/c1-11(16-18-12-6-2-3-7-13(12)21-16)22-10-15(20)19-14-8-4-5-9-17-14/h2-9,11H,10H2,1H3,(H,17,19,20)/t11-/m1/s1. The highest BCUT2D eigenvalue weighted by Crippen LogP contribution is 2.29. The predicted octanol–water partition coefficient (Wildman–Crippen LogP) is 3.66. The molecule has 0 aliphatic rings. The van der Waals surface area contributed by atoms with E-state index in [9.17, 15) is 4.79 Å². The molecule has 0 aliphatic carbocycles. The molecule has 6 heteroatoms. The number of carbonyl (C=O) groups excluding carboxylic acids is 1. The van der Waals surface area contributed by atoms with Gasteiger partial charge in [-0.3, -0.25) is 4.79 Å². The van der Waals surface area contributed by atoms with E-state index in [1.807, 2.05) is 37.3 Å². The highest BCUT2D eigenvalue weighted by atomic mass is 32.2. The fraction of sp³-hybridized carbons (Fsp3) is 0.188. The van der Waals surface area contributed by atoms with Crippen LogP contribution < -0.4 is 5.32 Å². The number of rotatable bonds is 5. The Hall–Kier alpha value is -2.34. The zero-order valence-corrected chi connectivity index (χ0v) is 12.8. The van der Waals surface area contributed by atoms with Crippen molar-refractivity contribution in [2.24, 2.45) is 0 Å². The lowest BCUT2D eigenvalue weighted by Gasteiger charge is -2.07. The Balaban J connectivity index is 1.57. The number of aromatic nitrogens is 2. The molecule has 0 saturated heterocycles. The average Bonchev–Trinajstić information content (AvgIpc) is 2.98. The summed E-state index contributed by atoms with van der Waals surface area (Å²) in [5.74, 6) is 1.42. The number of amides is 1. The van der Waals surface area contributed by atoms with Gasteiger partial charge in [-0.1, -0.05) is 18.2 Å². The van der Waals surface area contributed by atoms with Gasteiger partial charge in [0.2, 0.25) is 11.8 Å². The van der Waals surface area contributed by atoms with Crippen molar-refractivity contribution in [3.8, 4) is 0 Å². The van der Waals surface area contributed by atoms with Gasteiger partial charge >= 0.3 is 0 Å². The van der Waals surface area contributed by atoms with Crippen molar-refractivity contribution in [3.63, 3.8) is 0 Å². The number of anilines is 1. The largest absolute Gasteiger partial charge is 0.439 e. The number of nitrogens with zero attached hydrogens (tertiary/aromatic N) is 2. The van der Waals surface area contributed by atoms with Crippen LogP contribution in [0.2, 0.25) is 0 Å². The molecule has 5 nitrogen and oxygen atoms in total. The molecule has 0 spiro atoms. The second-order valence-electron chi connectivity index (χ2n) is 4.74.